The van der Waals surface area contributed by atoms with Crippen LogP contribution in [0.1, 0.15) is 11.1 Å². The summed E-state index contributed by atoms with van der Waals surface area (Å²) in [6, 6.07) is 8.29. The lowest BCUT2D eigenvalue weighted by atomic mass is 10.1. The Kier molecular flexibility index (Phi) is 4.12. The molecule has 0 aliphatic heterocycles. The average Bonchev–Trinajstić information content (AvgIpc) is 2.13. The predicted molar refractivity (Wildman–Crippen MR) is 53.5 cm³/mol. The molecule has 0 saturated heterocycles. The Morgan fingerprint density at radius 1 is 1.46 bits per heavy atom. The molecule has 1 rings (SSSR count). The van der Waals surface area contributed by atoms with Crippen LogP contribution in [-0.2, 0) is 6.54 Å². The quantitative estimate of drug-likeness (QED) is 0.552. The molecule has 0 fully saturated rings. The van der Waals surface area contributed by atoms with Crippen molar-refractivity contribution in [2.45, 2.75) is 13.5 Å². The molecular weight excluding hydrogens is 164 g/mol. The van der Waals surface area contributed by atoms with Gasteiger partial charge in [0.05, 0.1) is 6.54 Å². The fraction of sp³-hybridized carbons (Fsp3) is 0.400. The summed E-state index contributed by atoms with van der Waals surface area (Å²) in [5, 5.41) is 5.91. The maximum Gasteiger partial charge on any atom is 0.0935 e. The minimum Gasteiger partial charge on any atom is -0.311 e. The van der Waals surface area contributed by atoms with Crippen molar-refractivity contribution in [1.82, 2.24) is 5.32 Å². The summed E-state index contributed by atoms with van der Waals surface area (Å²) in [7, 11) is 0. The first-order valence-electron chi connectivity index (χ1n) is 4.38. The lowest BCUT2D eigenvalue weighted by Crippen LogP contribution is -2.16. The Balaban J connectivity index is 2.32. The number of nitrogens with one attached hydrogen (secondary N) is 1. The minimum absolute atomic E-state index is 0.339. The van der Waals surface area contributed by atoms with Crippen molar-refractivity contribution in [3.63, 3.8) is 0 Å². The van der Waals surface area contributed by atoms with Crippen LogP contribution >= 0.6 is 0 Å². The van der Waals surface area contributed by atoms with Crippen LogP contribution in [0.4, 0.5) is 0 Å². The molecule has 0 aromatic heterocycles. The van der Waals surface area contributed by atoms with Gasteiger partial charge in [-0.15, -0.1) is 0 Å². The van der Waals surface area contributed by atoms with E-state index in [1.807, 2.05) is 6.07 Å². The van der Waals surface area contributed by atoms with Crippen molar-refractivity contribution in [3.05, 3.63) is 40.3 Å². The molecule has 3 heteroatoms. The van der Waals surface area contributed by atoms with Gasteiger partial charge in [0.15, 0.2) is 0 Å². The Bertz CT molecular complexity index is 273. The third-order valence-corrected chi connectivity index (χ3v) is 1.79. The Morgan fingerprint density at radius 3 is 3.00 bits per heavy atom. The molecule has 0 spiro atoms. The lowest BCUT2D eigenvalue weighted by molar-refractivity contribution is 0.694. The van der Waals surface area contributed by atoms with Crippen molar-refractivity contribution >= 4 is 0 Å². The summed E-state index contributed by atoms with van der Waals surface area (Å²) in [5.74, 6) is 0. The van der Waals surface area contributed by atoms with Crippen LogP contribution in [0.15, 0.2) is 29.4 Å². The van der Waals surface area contributed by atoms with Crippen molar-refractivity contribution < 1.29 is 0 Å². The van der Waals surface area contributed by atoms with Crippen LogP contribution < -0.4 is 5.32 Å². The highest BCUT2D eigenvalue weighted by molar-refractivity contribution is 5.21. The minimum atomic E-state index is 0.339. The van der Waals surface area contributed by atoms with Crippen molar-refractivity contribution in [1.29, 1.82) is 0 Å². The van der Waals surface area contributed by atoms with E-state index in [0.717, 1.165) is 6.54 Å². The van der Waals surface area contributed by atoms with Crippen LogP contribution in [0.5, 0.6) is 0 Å². The summed E-state index contributed by atoms with van der Waals surface area (Å²) in [6.07, 6.45) is 0. The average molecular weight is 178 g/mol. The summed E-state index contributed by atoms with van der Waals surface area (Å²) >= 11 is 0. The second kappa shape index (κ2) is 5.43. The van der Waals surface area contributed by atoms with Crippen LogP contribution in [0.25, 0.3) is 0 Å². The maximum absolute atomic E-state index is 9.78. The number of hydrogen-bond donors (Lipinski definition) is 1. The highest BCUT2D eigenvalue weighted by atomic mass is 16.3. The number of rotatable bonds is 5. The summed E-state index contributed by atoms with van der Waals surface area (Å²) in [6.45, 7) is 3.86. The third kappa shape index (κ3) is 3.80. The van der Waals surface area contributed by atoms with E-state index in [2.05, 4.69) is 35.6 Å². The van der Waals surface area contributed by atoms with Crippen LogP contribution in [0, 0.1) is 11.8 Å². The molecule has 0 amide bonds. The Labute approximate surface area is 78.1 Å². The Hall–Kier alpha value is -1.22. The maximum atomic E-state index is 9.78. The van der Waals surface area contributed by atoms with E-state index >= 15 is 0 Å². The van der Waals surface area contributed by atoms with Gasteiger partial charge in [-0.05, 0) is 12.5 Å². The smallest absolute Gasteiger partial charge is 0.0935 e. The molecule has 3 nitrogen and oxygen atoms in total. The molecule has 0 unspecified atom stereocenters. The molecule has 1 aromatic rings. The van der Waals surface area contributed by atoms with E-state index in [4.69, 9.17) is 0 Å². The molecule has 70 valence electrons. The fourth-order valence-electron chi connectivity index (χ4n) is 1.18. The van der Waals surface area contributed by atoms with Crippen molar-refractivity contribution in [2.75, 3.05) is 13.1 Å². The standard InChI is InChI=1S/C10H14N2O/c1-9-3-2-4-10(7-9)8-11-5-6-12-13/h2-4,7,11H,5-6,8H2,1H3. The zero-order valence-corrected chi connectivity index (χ0v) is 7.79. The highest BCUT2D eigenvalue weighted by Gasteiger charge is 1.91. The molecule has 0 heterocycles. The number of nitrogens with zero attached hydrogens (tertiary/aromatic N) is 1. The van der Waals surface area contributed by atoms with E-state index in [1.165, 1.54) is 11.1 Å². The topological polar surface area (TPSA) is 41.5 Å². The number of hydrogen-bond acceptors (Lipinski definition) is 3. The van der Waals surface area contributed by atoms with E-state index in [1.54, 1.807) is 0 Å². The first-order chi connectivity index (χ1) is 6.33. The van der Waals surface area contributed by atoms with Gasteiger partial charge >= 0.3 is 0 Å². The first kappa shape index (κ1) is 9.86. The van der Waals surface area contributed by atoms with Crippen LogP contribution in [0.3, 0.4) is 0 Å². The fourth-order valence-corrected chi connectivity index (χ4v) is 1.18. The molecule has 0 radical (unpaired) electrons. The SMILES string of the molecule is Cc1cccc(CNCCN=O)c1. The molecule has 1 aromatic carbocycles. The third-order valence-electron chi connectivity index (χ3n) is 1.79. The van der Waals surface area contributed by atoms with Gasteiger partial charge < -0.3 is 5.32 Å². The lowest BCUT2D eigenvalue weighted by Gasteiger charge is -2.02. The van der Waals surface area contributed by atoms with Gasteiger partial charge in [0.25, 0.3) is 0 Å². The van der Waals surface area contributed by atoms with Gasteiger partial charge in [0.2, 0.25) is 0 Å². The van der Waals surface area contributed by atoms with Gasteiger partial charge in [-0.1, -0.05) is 35.0 Å². The second-order valence-electron chi connectivity index (χ2n) is 3.02. The highest BCUT2D eigenvalue weighted by Crippen LogP contribution is 2.02. The molecule has 0 bridgehead atoms. The van der Waals surface area contributed by atoms with E-state index in [-0.39, 0.29) is 0 Å². The molecule has 0 atom stereocenters. The van der Waals surface area contributed by atoms with Gasteiger partial charge in [-0.3, -0.25) is 0 Å². The zero-order valence-electron chi connectivity index (χ0n) is 7.79. The number of nitroso groups, excluding NO2 is 1. The van der Waals surface area contributed by atoms with Gasteiger partial charge in [-0.2, -0.15) is 4.91 Å². The molecular formula is C10H14N2O. The van der Waals surface area contributed by atoms with E-state index in [0.29, 0.717) is 13.1 Å². The summed E-state index contributed by atoms with van der Waals surface area (Å²) < 4.78 is 0. The second-order valence-corrected chi connectivity index (χ2v) is 3.02. The molecule has 13 heavy (non-hydrogen) atoms. The Morgan fingerprint density at radius 2 is 2.31 bits per heavy atom. The molecule has 1 N–H and O–H groups in total. The normalized spacial score (nSPS) is 9.92. The summed E-state index contributed by atoms with van der Waals surface area (Å²) in [5.41, 5.74) is 2.50. The van der Waals surface area contributed by atoms with Crippen molar-refractivity contribution in [3.8, 4) is 0 Å². The van der Waals surface area contributed by atoms with Gasteiger partial charge in [0, 0.05) is 13.1 Å². The first-order valence-corrected chi connectivity index (χ1v) is 4.38. The van der Waals surface area contributed by atoms with E-state index < -0.39 is 0 Å². The number of benzene rings is 1. The van der Waals surface area contributed by atoms with E-state index in [9.17, 15) is 4.91 Å². The largest absolute Gasteiger partial charge is 0.311 e. The van der Waals surface area contributed by atoms with Gasteiger partial charge in [0.1, 0.15) is 0 Å². The van der Waals surface area contributed by atoms with Crippen molar-refractivity contribution in [2.24, 2.45) is 5.18 Å². The van der Waals surface area contributed by atoms with Gasteiger partial charge in [-0.25, -0.2) is 0 Å². The monoisotopic (exact) mass is 178 g/mol. The van der Waals surface area contributed by atoms with Crippen LogP contribution in [0.2, 0.25) is 0 Å². The summed E-state index contributed by atoms with van der Waals surface area (Å²) in [4.78, 5) is 9.78. The number of aryl methyl sites for hydroxylation is 1. The molecule has 0 aliphatic rings. The molecule has 0 aliphatic carbocycles. The predicted octanol–water partition coefficient (Wildman–Crippen LogP) is 1.85. The van der Waals surface area contributed by atoms with Crippen LogP contribution in [-0.4, -0.2) is 13.1 Å². The molecule has 0 saturated carbocycles. The zero-order chi connectivity index (χ0) is 9.52.